The van der Waals surface area contributed by atoms with Crippen LogP contribution >= 0.6 is 12.2 Å². The fourth-order valence-electron chi connectivity index (χ4n) is 1.52. The Morgan fingerprint density at radius 3 is 2.12 bits per heavy atom. The Hall–Kier alpha value is -2.96. The number of hydrogen-bond acceptors (Lipinski definition) is 6. The molecule has 0 unspecified atom stereocenters. The molecule has 9 nitrogen and oxygen atoms in total. The molecule has 1 aromatic rings. The van der Waals surface area contributed by atoms with E-state index in [2.05, 4.69) is 22.7 Å². The highest BCUT2D eigenvalue weighted by molar-refractivity contribution is 7.80. The van der Waals surface area contributed by atoms with E-state index in [0.29, 0.717) is 0 Å². The molecule has 0 atom stereocenters. The number of alkyl halides is 3. The van der Waals surface area contributed by atoms with Gasteiger partial charge in [-0.25, -0.2) is 0 Å². The first-order chi connectivity index (χ1) is 11.1. The molecule has 0 aliphatic heterocycles. The van der Waals surface area contributed by atoms with Gasteiger partial charge in [0.1, 0.15) is 0 Å². The Morgan fingerprint density at radius 1 is 1.25 bits per heavy atom. The first-order valence-electron chi connectivity index (χ1n) is 6.02. The fourth-order valence-corrected chi connectivity index (χ4v) is 1.65. The number of nitrogens with one attached hydrogen (secondary N) is 3. The van der Waals surface area contributed by atoms with Crippen LogP contribution < -0.4 is 16.2 Å². The van der Waals surface area contributed by atoms with Gasteiger partial charge in [0.15, 0.2) is 5.11 Å². The normalized spacial score (nSPS) is 10.6. The van der Waals surface area contributed by atoms with Crippen molar-refractivity contribution in [2.45, 2.75) is 6.18 Å². The minimum atomic E-state index is -4.98. The number of hydrogen-bond donors (Lipinski definition) is 3. The van der Waals surface area contributed by atoms with Crippen molar-refractivity contribution in [3.63, 3.8) is 0 Å². The van der Waals surface area contributed by atoms with E-state index < -0.39 is 38.6 Å². The molecule has 3 N–H and O–H groups in total. The van der Waals surface area contributed by atoms with Crippen LogP contribution in [0.2, 0.25) is 0 Å². The van der Waals surface area contributed by atoms with Crippen LogP contribution in [0.25, 0.3) is 0 Å². The van der Waals surface area contributed by atoms with Crippen LogP contribution in [0.3, 0.4) is 0 Å². The molecule has 0 aliphatic rings. The van der Waals surface area contributed by atoms with Gasteiger partial charge in [-0.1, -0.05) is 6.08 Å². The first kappa shape index (κ1) is 19.1. The standard InChI is InChI=1S/C11H10F3N5O4S/c1-2-3-15-10(24)17-16-9-7(18(20)21)4-6(11(12,13)14)5-8(9)19(22)23/h2,4-5,16H,1,3H2,(H2,15,17,24). The number of anilines is 1. The molecule has 13 heteroatoms. The lowest BCUT2D eigenvalue weighted by Gasteiger charge is -2.13. The third kappa shape index (κ3) is 4.77. The van der Waals surface area contributed by atoms with E-state index in [0.717, 1.165) is 0 Å². The van der Waals surface area contributed by atoms with Gasteiger partial charge in [-0.3, -0.25) is 31.1 Å². The molecule has 0 aromatic heterocycles. The van der Waals surface area contributed by atoms with E-state index in [1.54, 1.807) is 0 Å². The molecule has 0 radical (unpaired) electrons. The summed E-state index contributed by atoms with van der Waals surface area (Å²) in [7, 11) is 0. The van der Waals surface area contributed by atoms with Crippen LogP contribution in [0.1, 0.15) is 5.56 Å². The van der Waals surface area contributed by atoms with Gasteiger partial charge in [0.25, 0.3) is 0 Å². The van der Waals surface area contributed by atoms with Crippen molar-refractivity contribution >= 4 is 34.4 Å². The fraction of sp³-hybridized carbons (Fsp3) is 0.182. The summed E-state index contributed by atoms with van der Waals surface area (Å²) in [6.07, 6.45) is -3.54. The summed E-state index contributed by atoms with van der Waals surface area (Å²) in [4.78, 5) is 19.6. The molecule has 0 saturated heterocycles. The number of nitro benzene ring substituents is 2. The molecular weight excluding hydrogens is 355 g/mol. The highest BCUT2D eigenvalue weighted by atomic mass is 32.1. The summed E-state index contributed by atoms with van der Waals surface area (Å²) in [6.45, 7) is 3.63. The first-order valence-corrected chi connectivity index (χ1v) is 6.43. The molecule has 0 spiro atoms. The Labute approximate surface area is 137 Å². The Kier molecular flexibility index (Phi) is 6.00. The maximum absolute atomic E-state index is 12.7. The summed E-state index contributed by atoms with van der Waals surface area (Å²) in [6, 6.07) is 0.383. The van der Waals surface area contributed by atoms with Crippen LogP contribution in [-0.2, 0) is 6.18 Å². The minimum Gasteiger partial charge on any atom is -0.358 e. The van der Waals surface area contributed by atoms with Crippen LogP contribution in [-0.4, -0.2) is 21.5 Å². The lowest BCUT2D eigenvalue weighted by molar-refractivity contribution is -0.392. The molecule has 0 fully saturated rings. The Bertz CT molecular complexity index is 660. The predicted molar refractivity (Wildman–Crippen MR) is 82.3 cm³/mol. The second-order valence-electron chi connectivity index (χ2n) is 4.15. The number of halogens is 3. The van der Waals surface area contributed by atoms with Crippen molar-refractivity contribution in [3.05, 3.63) is 50.6 Å². The van der Waals surface area contributed by atoms with Gasteiger partial charge >= 0.3 is 17.6 Å². The third-order valence-electron chi connectivity index (χ3n) is 2.53. The van der Waals surface area contributed by atoms with Crippen LogP contribution in [0.5, 0.6) is 0 Å². The Morgan fingerprint density at radius 2 is 1.75 bits per heavy atom. The molecule has 0 bridgehead atoms. The van der Waals surface area contributed by atoms with E-state index in [9.17, 15) is 33.4 Å². The highest BCUT2D eigenvalue weighted by Crippen LogP contribution is 2.40. The summed E-state index contributed by atoms with van der Waals surface area (Å²) in [5.74, 6) is 0. The molecule has 0 heterocycles. The number of hydrazine groups is 1. The SMILES string of the molecule is C=CCNC(=S)NNc1c([N+](=O)[O-])cc(C(F)(F)F)cc1[N+](=O)[O-]. The largest absolute Gasteiger partial charge is 0.416 e. The Balaban J connectivity index is 3.30. The van der Waals surface area contributed by atoms with Crippen LogP contribution in [0.15, 0.2) is 24.8 Å². The molecule has 1 aromatic carbocycles. The molecule has 0 amide bonds. The van der Waals surface area contributed by atoms with Crippen molar-refractivity contribution in [1.82, 2.24) is 10.7 Å². The van der Waals surface area contributed by atoms with Gasteiger partial charge in [0.2, 0.25) is 5.69 Å². The van der Waals surface area contributed by atoms with E-state index in [1.165, 1.54) is 6.08 Å². The molecule has 24 heavy (non-hydrogen) atoms. The monoisotopic (exact) mass is 365 g/mol. The highest BCUT2D eigenvalue weighted by Gasteiger charge is 2.37. The second kappa shape index (κ2) is 7.54. The average Bonchev–Trinajstić information content (AvgIpc) is 2.48. The van der Waals surface area contributed by atoms with Crippen molar-refractivity contribution in [1.29, 1.82) is 0 Å². The number of rotatable bonds is 6. The molecule has 0 aliphatic carbocycles. The smallest absolute Gasteiger partial charge is 0.358 e. The molecular formula is C11H10F3N5O4S. The van der Waals surface area contributed by atoms with Gasteiger partial charge in [0.05, 0.1) is 15.4 Å². The number of benzene rings is 1. The van der Waals surface area contributed by atoms with Crippen molar-refractivity contribution < 1.29 is 23.0 Å². The maximum Gasteiger partial charge on any atom is 0.416 e. The lowest BCUT2D eigenvalue weighted by Crippen LogP contribution is -2.39. The van der Waals surface area contributed by atoms with Crippen molar-refractivity contribution in [3.8, 4) is 0 Å². The van der Waals surface area contributed by atoms with Gasteiger partial charge in [-0.2, -0.15) is 13.2 Å². The zero-order valence-corrected chi connectivity index (χ0v) is 12.5. The quantitative estimate of drug-likeness (QED) is 0.304. The number of nitro groups is 2. The van der Waals surface area contributed by atoms with Gasteiger partial charge < -0.3 is 5.32 Å². The van der Waals surface area contributed by atoms with E-state index >= 15 is 0 Å². The summed E-state index contributed by atoms with van der Waals surface area (Å²) in [5.41, 5.74) is -0.228. The zero-order valence-electron chi connectivity index (χ0n) is 11.7. The maximum atomic E-state index is 12.7. The summed E-state index contributed by atoms with van der Waals surface area (Å²) >= 11 is 4.77. The molecule has 1 rings (SSSR count). The average molecular weight is 365 g/mol. The van der Waals surface area contributed by atoms with Crippen LogP contribution in [0.4, 0.5) is 30.2 Å². The van der Waals surface area contributed by atoms with Crippen molar-refractivity contribution in [2.24, 2.45) is 0 Å². The van der Waals surface area contributed by atoms with Gasteiger partial charge in [0, 0.05) is 18.7 Å². The molecule has 0 saturated carbocycles. The lowest BCUT2D eigenvalue weighted by atomic mass is 10.1. The van der Waals surface area contributed by atoms with E-state index in [-0.39, 0.29) is 23.8 Å². The topological polar surface area (TPSA) is 122 Å². The van der Waals surface area contributed by atoms with Gasteiger partial charge in [-0.05, 0) is 12.2 Å². The minimum absolute atomic E-state index is 0.0987. The van der Waals surface area contributed by atoms with E-state index in [1.807, 2.05) is 0 Å². The molecule has 130 valence electrons. The zero-order chi connectivity index (χ0) is 18.5. The van der Waals surface area contributed by atoms with Crippen molar-refractivity contribution in [2.75, 3.05) is 12.0 Å². The number of thiocarbonyl (C=S) groups is 1. The predicted octanol–water partition coefficient (Wildman–Crippen LogP) is 2.50. The third-order valence-corrected chi connectivity index (χ3v) is 2.77. The van der Waals surface area contributed by atoms with Gasteiger partial charge in [-0.15, -0.1) is 6.58 Å². The number of nitrogens with zero attached hydrogens (tertiary/aromatic N) is 2. The second-order valence-corrected chi connectivity index (χ2v) is 4.56. The van der Waals surface area contributed by atoms with E-state index in [4.69, 9.17) is 12.2 Å². The summed E-state index contributed by atoms with van der Waals surface area (Å²) in [5, 5.41) is 24.4. The summed E-state index contributed by atoms with van der Waals surface area (Å²) < 4.78 is 38.2. The van der Waals surface area contributed by atoms with Crippen LogP contribution in [0, 0.1) is 20.2 Å².